The average molecular weight is 444 g/mol. The molecule has 0 aliphatic carbocycles. The van der Waals surface area contributed by atoms with Crippen molar-refractivity contribution in [3.63, 3.8) is 0 Å². The zero-order chi connectivity index (χ0) is 22.1. The number of carbonyl (C=O) groups excluding carboxylic acids is 2. The predicted octanol–water partition coefficient (Wildman–Crippen LogP) is 1.84. The molecule has 1 aliphatic rings. The molecule has 1 fully saturated rings. The first-order chi connectivity index (χ1) is 14.8. The van der Waals surface area contributed by atoms with Crippen LogP contribution in [-0.2, 0) is 11.8 Å². The van der Waals surface area contributed by atoms with Crippen molar-refractivity contribution in [1.82, 2.24) is 19.4 Å². The fraction of sp³-hybridized carbons (Fsp3) is 0.333. The van der Waals surface area contributed by atoms with E-state index < -0.39 is 0 Å². The maximum atomic E-state index is 13.1. The highest BCUT2D eigenvalue weighted by Crippen LogP contribution is 2.28. The van der Waals surface area contributed by atoms with E-state index in [0.29, 0.717) is 52.5 Å². The lowest BCUT2D eigenvalue weighted by Crippen LogP contribution is -2.50. The van der Waals surface area contributed by atoms with E-state index >= 15 is 0 Å². The van der Waals surface area contributed by atoms with Crippen LogP contribution in [0.3, 0.4) is 0 Å². The van der Waals surface area contributed by atoms with Crippen LogP contribution in [0.5, 0.6) is 0 Å². The Morgan fingerprint density at radius 2 is 1.84 bits per heavy atom. The smallest absolute Gasteiger partial charge is 0.264 e. The summed E-state index contributed by atoms with van der Waals surface area (Å²) in [6.45, 7) is 4.08. The van der Waals surface area contributed by atoms with Crippen LogP contribution in [0, 0.1) is 12.7 Å². The fourth-order valence-electron chi connectivity index (χ4n) is 3.60. The summed E-state index contributed by atoms with van der Waals surface area (Å²) in [7, 11) is 1.64. The molecule has 0 radical (unpaired) electrons. The maximum absolute atomic E-state index is 13.1. The van der Waals surface area contributed by atoms with E-state index in [1.54, 1.807) is 18.9 Å². The molecule has 0 atom stereocenters. The summed E-state index contributed by atoms with van der Waals surface area (Å²) in [6.07, 6.45) is 1.46. The number of piperazine rings is 1. The second-order valence-corrected chi connectivity index (χ2v) is 8.52. The topological polar surface area (TPSA) is 87.5 Å². The zero-order valence-electron chi connectivity index (χ0n) is 17.2. The standard InChI is InChI=1S/C21H22FN5O3S/c1-13-17-19(23-12-25(2)20(17)29)31-18(13)21(30)27-9-7-26(8-10-27)11-16(28)24-15-5-3-14(22)4-6-15/h3-6,12H,7-11H2,1-2H3,(H,24,28). The normalized spacial score (nSPS) is 14.7. The molecule has 0 bridgehead atoms. The highest BCUT2D eigenvalue weighted by molar-refractivity contribution is 7.20. The molecule has 8 nitrogen and oxygen atoms in total. The maximum Gasteiger partial charge on any atom is 0.264 e. The van der Waals surface area contributed by atoms with Gasteiger partial charge in [0.2, 0.25) is 5.91 Å². The van der Waals surface area contributed by atoms with Gasteiger partial charge in [-0.2, -0.15) is 0 Å². The summed E-state index contributed by atoms with van der Waals surface area (Å²) in [5, 5.41) is 3.24. The molecular formula is C21H22FN5O3S. The third kappa shape index (κ3) is 4.35. The number of benzene rings is 1. The lowest BCUT2D eigenvalue weighted by molar-refractivity contribution is -0.117. The van der Waals surface area contributed by atoms with Crippen LogP contribution in [0.1, 0.15) is 15.2 Å². The molecule has 31 heavy (non-hydrogen) atoms. The number of nitrogens with zero attached hydrogens (tertiary/aromatic N) is 4. The number of anilines is 1. The van der Waals surface area contributed by atoms with Gasteiger partial charge in [0.25, 0.3) is 11.5 Å². The van der Waals surface area contributed by atoms with Crippen LogP contribution < -0.4 is 10.9 Å². The van der Waals surface area contributed by atoms with Gasteiger partial charge in [0.1, 0.15) is 10.6 Å². The van der Waals surface area contributed by atoms with Gasteiger partial charge in [-0.15, -0.1) is 11.3 Å². The Balaban J connectivity index is 1.37. The van der Waals surface area contributed by atoms with Gasteiger partial charge in [-0.25, -0.2) is 9.37 Å². The second kappa shape index (κ2) is 8.56. The molecule has 1 saturated heterocycles. The Hall–Kier alpha value is -3.11. The molecule has 162 valence electrons. The Morgan fingerprint density at radius 3 is 2.52 bits per heavy atom. The molecule has 3 heterocycles. The van der Waals surface area contributed by atoms with E-state index in [1.807, 2.05) is 4.90 Å². The first kappa shape index (κ1) is 21.1. The van der Waals surface area contributed by atoms with E-state index in [2.05, 4.69) is 10.3 Å². The molecule has 0 spiro atoms. The molecule has 0 saturated carbocycles. The number of hydrogen-bond acceptors (Lipinski definition) is 6. The van der Waals surface area contributed by atoms with Crippen molar-refractivity contribution in [2.45, 2.75) is 6.92 Å². The van der Waals surface area contributed by atoms with Gasteiger partial charge in [0, 0.05) is 38.9 Å². The van der Waals surface area contributed by atoms with Crippen LogP contribution in [-0.4, -0.2) is 63.9 Å². The number of aromatic nitrogens is 2. The highest BCUT2D eigenvalue weighted by Gasteiger charge is 2.27. The Bertz CT molecular complexity index is 1200. The number of aryl methyl sites for hydroxylation is 2. The molecule has 1 N–H and O–H groups in total. The first-order valence-electron chi connectivity index (χ1n) is 9.85. The van der Waals surface area contributed by atoms with Gasteiger partial charge in [0.05, 0.1) is 23.1 Å². The van der Waals surface area contributed by atoms with Crippen molar-refractivity contribution < 1.29 is 14.0 Å². The number of nitrogens with one attached hydrogen (secondary N) is 1. The van der Waals surface area contributed by atoms with Crippen LogP contribution in [0.25, 0.3) is 10.2 Å². The van der Waals surface area contributed by atoms with Crippen molar-refractivity contribution in [3.8, 4) is 0 Å². The number of rotatable bonds is 4. The SMILES string of the molecule is Cc1c(C(=O)N2CCN(CC(=O)Nc3ccc(F)cc3)CC2)sc2ncn(C)c(=O)c12. The summed E-state index contributed by atoms with van der Waals surface area (Å²) in [5.41, 5.74) is 1.05. The number of thiophene rings is 1. The van der Waals surface area contributed by atoms with Crippen molar-refractivity contribution >= 4 is 39.1 Å². The second-order valence-electron chi connectivity index (χ2n) is 7.52. The van der Waals surface area contributed by atoms with Gasteiger partial charge in [-0.3, -0.25) is 19.3 Å². The predicted molar refractivity (Wildman–Crippen MR) is 117 cm³/mol. The van der Waals surface area contributed by atoms with Crippen LogP contribution in [0.15, 0.2) is 35.4 Å². The van der Waals surface area contributed by atoms with E-state index in [0.717, 1.165) is 0 Å². The molecule has 1 aromatic carbocycles. The minimum Gasteiger partial charge on any atom is -0.335 e. The summed E-state index contributed by atoms with van der Waals surface area (Å²) in [6, 6.07) is 5.61. The Morgan fingerprint density at radius 1 is 1.16 bits per heavy atom. The van der Waals surface area contributed by atoms with Crippen LogP contribution in [0.2, 0.25) is 0 Å². The lowest BCUT2D eigenvalue weighted by Gasteiger charge is -2.34. The summed E-state index contributed by atoms with van der Waals surface area (Å²) < 4.78 is 14.4. The molecule has 0 unspecified atom stereocenters. The lowest BCUT2D eigenvalue weighted by atomic mass is 10.2. The quantitative estimate of drug-likeness (QED) is 0.665. The average Bonchev–Trinajstić information content (AvgIpc) is 3.09. The number of halogens is 1. The molecule has 4 rings (SSSR count). The van der Waals surface area contributed by atoms with Gasteiger partial charge < -0.3 is 14.8 Å². The van der Waals surface area contributed by atoms with Gasteiger partial charge >= 0.3 is 0 Å². The molecule has 10 heteroatoms. The van der Waals surface area contributed by atoms with E-state index in [1.165, 1.54) is 46.5 Å². The first-order valence-corrected chi connectivity index (χ1v) is 10.7. The fourth-order valence-corrected chi connectivity index (χ4v) is 4.71. The van der Waals surface area contributed by atoms with Gasteiger partial charge in [-0.1, -0.05) is 0 Å². The third-order valence-corrected chi connectivity index (χ3v) is 6.55. The number of amides is 2. The zero-order valence-corrected chi connectivity index (χ0v) is 18.0. The summed E-state index contributed by atoms with van der Waals surface area (Å²) in [4.78, 5) is 46.8. The minimum absolute atomic E-state index is 0.113. The van der Waals surface area contributed by atoms with Crippen molar-refractivity contribution in [3.05, 3.63) is 57.2 Å². The van der Waals surface area contributed by atoms with Crippen molar-refractivity contribution in [1.29, 1.82) is 0 Å². The van der Waals surface area contributed by atoms with Crippen molar-refractivity contribution in [2.24, 2.45) is 7.05 Å². The summed E-state index contributed by atoms with van der Waals surface area (Å²) in [5.74, 6) is -0.657. The summed E-state index contributed by atoms with van der Waals surface area (Å²) >= 11 is 1.24. The third-order valence-electron chi connectivity index (χ3n) is 5.36. The molecule has 2 aromatic heterocycles. The minimum atomic E-state index is -0.358. The van der Waals surface area contributed by atoms with Gasteiger partial charge in [0.15, 0.2) is 0 Å². The van der Waals surface area contributed by atoms with Crippen molar-refractivity contribution in [2.75, 3.05) is 38.0 Å². The number of hydrogen-bond donors (Lipinski definition) is 1. The van der Waals surface area contributed by atoms with Crippen LogP contribution in [0.4, 0.5) is 10.1 Å². The number of carbonyl (C=O) groups is 2. The van der Waals surface area contributed by atoms with E-state index in [-0.39, 0.29) is 29.7 Å². The monoisotopic (exact) mass is 443 g/mol. The largest absolute Gasteiger partial charge is 0.335 e. The van der Waals surface area contributed by atoms with E-state index in [4.69, 9.17) is 0 Å². The van der Waals surface area contributed by atoms with Crippen LogP contribution >= 0.6 is 11.3 Å². The van der Waals surface area contributed by atoms with Gasteiger partial charge in [-0.05, 0) is 36.8 Å². The Labute approximate surface area is 181 Å². The van der Waals surface area contributed by atoms with E-state index in [9.17, 15) is 18.8 Å². The number of fused-ring (bicyclic) bond motifs is 1. The molecule has 1 aliphatic heterocycles. The highest BCUT2D eigenvalue weighted by atomic mass is 32.1. The molecular weight excluding hydrogens is 421 g/mol. The molecule has 2 amide bonds. The Kier molecular flexibility index (Phi) is 5.84. The molecule has 3 aromatic rings.